The first-order valence-corrected chi connectivity index (χ1v) is 7.15. The van der Waals surface area contributed by atoms with Gasteiger partial charge in [-0.25, -0.2) is 0 Å². The molecule has 0 fully saturated rings. The highest BCUT2D eigenvalue weighted by molar-refractivity contribution is 5.97. The van der Waals surface area contributed by atoms with E-state index in [1.54, 1.807) is 0 Å². The summed E-state index contributed by atoms with van der Waals surface area (Å²) in [6.45, 7) is 7.92. The van der Waals surface area contributed by atoms with E-state index < -0.39 is 0 Å². The molecule has 2 rings (SSSR count). The number of hydrogen-bond acceptors (Lipinski definition) is 3. The van der Waals surface area contributed by atoms with Crippen LogP contribution in [0.2, 0.25) is 0 Å². The molecule has 0 saturated carbocycles. The first-order chi connectivity index (χ1) is 9.42. The van der Waals surface area contributed by atoms with E-state index in [0.29, 0.717) is 19.7 Å². The second-order valence-electron chi connectivity index (χ2n) is 6.50. The van der Waals surface area contributed by atoms with Gasteiger partial charge in [0.1, 0.15) is 12.4 Å². The second-order valence-corrected chi connectivity index (χ2v) is 6.50. The molecule has 20 heavy (non-hydrogen) atoms. The fourth-order valence-electron chi connectivity index (χ4n) is 2.63. The molecule has 1 aromatic rings. The third-order valence-electron chi connectivity index (χ3n) is 3.49. The Bertz CT molecular complexity index is 480. The highest BCUT2D eigenvalue weighted by atomic mass is 16.5. The summed E-state index contributed by atoms with van der Waals surface area (Å²) in [7, 11) is 0. The molecule has 1 atom stereocenters. The van der Waals surface area contributed by atoms with E-state index in [4.69, 9.17) is 10.5 Å². The van der Waals surface area contributed by atoms with Gasteiger partial charge in [0.25, 0.3) is 0 Å². The number of fused-ring (bicyclic) bond motifs is 1. The number of amides is 1. The van der Waals surface area contributed by atoms with Gasteiger partial charge in [0.05, 0.1) is 18.2 Å². The van der Waals surface area contributed by atoms with Gasteiger partial charge in [0, 0.05) is 6.54 Å². The number of anilines is 1. The van der Waals surface area contributed by atoms with E-state index in [2.05, 4.69) is 20.8 Å². The van der Waals surface area contributed by atoms with Crippen molar-refractivity contribution in [3.05, 3.63) is 24.3 Å². The third-order valence-corrected chi connectivity index (χ3v) is 3.49. The summed E-state index contributed by atoms with van der Waals surface area (Å²) < 4.78 is 5.59. The molecule has 1 aliphatic rings. The summed E-state index contributed by atoms with van der Waals surface area (Å²) in [5, 5.41) is 0. The molecule has 4 nitrogen and oxygen atoms in total. The van der Waals surface area contributed by atoms with Gasteiger partial charge >= 0.3 is 0 Å². The van der Waals surface area contributed by atoms with Gasteiger partial charge < -0.3 is 15.4 Å². The molecule has 0 aromatic heterocycles. The SMILES string of the molecule is CC(C)(C)CC(CN)C(=O)N1CCOc2ccccc21. The van der Waals surface area contributed by atoms with Crippen LogP contribution in [-0.4, -0.2) is 25.6 Å². The van der Waals surface area contributed by atoms with Crippen LogP contribution in [0.1, 0.15) is 27.2 Å². The summed E-state index contributed by atoms with van der Waals surface area (Å²) in [6, 6.07) is 7.67. The molecule has 1 aliphatic heterocycles. The molecule has 4 heteroatoms. The van der Waals surface area contributed by atoms with E-state index in [0.717, 1.165) is 17.9 Å². The molecule has 1 heterocycles. The number of nitrogens with two attached hydrogens (primary N) is 1. The van der Waals surface area contributed by atoms with E-state index in [1.807, 2.05) is 29.2 Å². The van der Waals surface area contributed by atoms with Crippen molar-refractivity contribution < 1.29 is 9.53 Å². The minimum atomic E-state index is -0.138. The Balaban J connectivity index is 2.21. The third kappa shape index (κ3) is 3.31. The topological polar surface area (TPSA) is 55.6 Å². The fourth-order valence-corrected chi connectivity index (χ4v) is 2.63. The van der Waals surface area contributed by atoms with Gasteiger partial charge in [-0.1, -0.05) is 32.9 Å². The van der Waals surface area contributed by atoms with Crippen molar-refractivity contribution in [3.8, 4) is 5.75 Å². The molecule has 0 spiro atoms. The van der Waals surface area contributed by atoms with Crippen molar-refractivity contribution in [1.82, 2.24) is 0 Å². The minimum Gasteiger partial charge on any atom is -0.490 e. The van der Waals surface area contributed by atoms with Gasteiger partial charge in [-0.05, 0) is 24.0 Å². The largest absolute Gasteiger partial charge is 0.490 e. The van der Waals surface area contributed by atoms with Crippen LogP contribution in [0, 0.1) is 11.3 Å². The Hall–Kier alpha value is -1.55. The summed E-state index contributed by atoms with van der Waals surface area (Å²) in [4.78, 5) is 14.6. The molecule has 1 amide bonds. The number of rotatable bonds is 3. The van der Waals surface area contributed by atoms with E-state index in [-0.39, 0.29) is 17.2 Å². The fraction of sp³-hybridized carbons (Fsp3) is 0.562. The molecule has 110 valence electrons. The Morgan fingerprint density at radius 3 is 2.75 bits per heavy atom. The molecule has 0 aliphatic carbocycles. The number of benzene rings is 1. The lowest BCUT2D eigenvalue weighted by Crippen LogP contribution is -2.44. The first-order valence-electron chi connectivity index (χ1n) is 7.15. The minimum absolute atomic E-state index is 0.0888. The molecule has 1 unspecified atom stereocenters. The van der Waals surface area contributed by atoms with E-state index >= 15 is 0 Å². The molecular formula is C16H24N2O2. The van der Waals surface area contributed by atoms with Crippen molar-refractivity contribution in [2.45, 2.75) is 27.2 Å². The predicted molar refractivity (Wildman–Crippen MR) is 80.9 cm³/mol. The summed E-state index contributed by atoms with van der Waals surface area (Å²) >= 11 is 0. The monoisotopic (exact) mass is 276 g/mol. The van der Waals surface area contributed by atoms with Crippen molar-refractivity contribution in [1.29, 1.82) is 0 Å². The Kier molecular flexibility index (Phi) is 4.33. The molecule has 0 saturated heterocycles. The smallest absolute Gasteiger partial charge is 0.231 e. The summed E-state index contributed by atoms with van der Waals surface area (Å²) in [5.41, 5.74) is 6.78. The zero-order valence-corrected chi connectivity index (χ0v) is 12.6. The van der Waals surface area contributed by atoms with Crippen molar-refractivity contribution in [3.63, 3.8) is 0 Å². The van der Waals surface area contributed by atoms with Crippen LogP contribution in [0.4, 0.5) is 5.69 Å². The predicted octanol–water partition coefficient (Wildman–Crippen LogP) is 2.42. The number of carbonyl (C=O) groups excluding carboxylic acids is 1. The Morgan fingerprint density at radius 1 is 1.40 bits per heavy atom. The number of hydrogen-bond donors (Lipinski definition) is 1. The number of nitrogens with zero attached hydrogens (tertiary/aromatic N) is 1. The van der Waals surface area contributed by atoms with Crippen molar-refractivity contribution in [2.75, 3.05) is 24.6 Å². The van der Waals surface area contributed by atoms with Gasteiger partial charge in [0.15, 0.2) is 0 Å². The van der Waals surface area contributed by atoms with Gasteiger partial charge in [0.2, 0.25) is 5.91 Å². The van der Waals surface area contributed by atoms with E-state index in [9.17, 15) is 4.79 Å². The maximum absolute atomic E-state index is 12.8. The van der Waals surface area contributed by atoms with Crippen LogP contribution in [0.15, 0.2) is 24.3 Å². The second kappa shape index (κ2) is 5.83. The standard InChI is InChI=1S/C16H24N2O2/c1-16(2,3)10-12(11-17)15(19)18-8-9-20-14-7-5-4-6-13(14)18/h4-7,12H,8-11,17H2,1-3H3. The molecular weight excluding hydrogens is 252 g/mol. The van der Waals surface area contributed by atoms with Crippen LogP contribution >= 0.6 is 0 Å². The van der Waals surface area contributed by atoms with Gasteiger partial charge in [-0.15, -0.1) is 0 Å². The zero-order valence-electron chi connectivity index (χ0n) is 12.6. The maximum atomic E-state index is 12.8. The molecule has 0 bridgehead atoms. The Labute approximate surface area is 120 Å². The van der Waals surface area contributed by atoms with Gasteiger partial charge in [-0.2, -0.15) is 0 Å². The highest BCUT2D eigenvalue weighted by Gasteiger charge is 2.31. The van der Waals surface area contributed by atoms with Crippen LogP contribution in [0.25, 0.3) is 0 Å². The van der Waals surface area contributed by atoms with Crippen molar-refractivity contribution in [2.24, 2.45) is 17.1 Å². The number of carbonyl (C=O) groups is 1. The average Bonchev–Trinajstić information content (AvgIpc) is 2.42. The zero-order chi connectivity index (χ0) is 14.8. The number of para-hydroxylation sites is 2. The van der Waals surface area contributed by atoms with Crippen LogP contribution < -0.4 is 15.4 Å². The number of ether oxygens (including phenoxy) is 1. The van der Waals surface area contributed by atoms with Crippen LogP contribution in [-0.2, 0) is 4.79 Å². The molecule has 1 aromatic carbocycles. The van der Waals surface area contributed by atoms with Crippen molar-refractivity contribution >= 4 is 11.6 Å². The van der Waals surface area contributed by atoms with Crippen LogP contribution in [0.5, 0.6) is 5.75 Å². The van der Waals surface area contributed by atoms with Gasteiger partial charge in [-0.3, -0.25) is 4.79 Å². The lowest BCUT2D eigenvalue weighted by molar-refractivity contribution is -0.123. The van der Waals surface area contributed by atoms with Crippen LogP contribution in [0.3, 0.4) is 0 Å². The quantitative estimate of drug-likeness (QED) is 0.922. The van der Waals surface area contributed by atoms with E-state index in [1.165, 1.54) is 0 Å². The molecule has 2 N–H and O–H groups in total. The normalized spacial score (nSPS) is 16.3. The average molecular weight is 276 g/mol. The molecule has 0 radical (unpaired) electrons. The summed E-state index contributed by atoms with van der Waals surface area (Å²) in [6.07, 6.45) is 0.794. The lowest BCUT2D eigenvalue weighted by Gasteiger charge is -2.33. The highest BCUT2D eigenvalue weighted by Crippen LogP contribution is 2.33. The lowest BCUT2D eigenvalue weighted by atomic mass is 9.84. The first kappa shape index (κ1) is 14.9. The Morgan fingerprint density at radius 2 is 2.10 bits per heavy atom. The summed E-state index contributed by atoms with van der Waals surface area (Å²) in [5.74, 6) is 0.748. The maximum Gasteiger partial charge on any atom is 0.231 e.